The molecule has 0 unspecified atom stereocenters. The first-order valence-corrected chi connectivity index (χ1v) is 10.2. The second-order valence-electron chi connectivity index (χ2n) is 6.10. The molecule has 11 heteroatoms. The van der Waals surface area contributed by atoms with Crippen molar-refractivity contribution in [2.45, 2.75) is 13.8 Å². The molecule has 1 heterocycles. The van der Waals surface area contributed by atoms with Crippen molar-refractivity contribution in [1.82, 2.24) is 4.98 Å². The number of aromatic nitrogens is 1. The number of aliphatic hydroxyl groups is 1. The van der Waals surface area contributed by atoms with Crippen LogP contribution in [0.2, 0.25) is 10.0 Å². The Labute approximate surface area is 180 Å². The normalized spacial score (nSPS) is 11.5. The van der Waals surface area contributed by atoms with Crippen LogP contribution in [0.3, 0.4) is 0 Å². The fourth-order valence-corrected chi connectivity index (χ4v) is 4.41. The van der Waals surface area contributed by atoms with Crippen LogP contribution < -0.4 is 4.90 Å². The molecule has 0 fully saturated rings. The summed E-state index contributed by atoms with van der Waals surface area (Å²) >= 11 is 13.3. The first kappa shape index (κ1) is 21.4. The van der Waals surface area contributed by atoms with E-state index in [0.29, 0.717) is 22.1 Å². The number of halogens is 2. The van der Waals surface area contributed by atoms with Gasteiger partial charge in [-0.3, -0.25) is 10.1 Å². The van der Waals surface area contributed by atoms with Gasteiger partial charge in [-0.2, -0.15) is 0 Å². The monoisotopic (exact) mass is 453 g/mol. The molecular formula is C18H17Cl2N5O3S. The summed E-state index contributed by atoms with van der Waals surface area (Å²) in [5.41, 5.74) is 2.48. The third kappa shape index (κ3) is 4.48. The minimum atomic E-state index is -0.633. The molecule has 0 saturated heterocycles. The minimum Gasteiger partial charge on any atom is -0.395 e. The van der Waals surface area contributed by atoms with Gasteiger partial charge in [0.1, 0.15) is 15.6 Å². The molecule has 0 radical (unpaired) electrons. The van der Waals surface area contributed by atoms with Gasteiger partial charge in [0.2, 0.25) is 5.13 Å². The maximum absolute atomic E-state index is 11.1. The summed E-state index contributed by atoms with van der Waals surface area (Å²) in [6.07, 6.45) is 0. The van der Waals surface area contributed by atoms with E-state index in [1.54, 1.807) is 0 Å². The molecule has 0 bridgehead atoms. The van der Waals surface area contributed by atoms with Crippen molar-refractivity contribution in [3.05, 3.63) is 50.0 Å². The zero-order valence-electron chi connectivity index (χ0n) is 15.6. The number of fused-ring (bicyclic) bond motifs is 1. The van der Waals surface area contributed by atoms with Gasteiger partial charge in [-0.1, -0.05) is 34.5 Å². The minimum absolute atomic E-state index is 0.0468. The zero-order valence-corrected chi connectivity index (χ0v) is 17.9. The summed E-state index contributed by atoms with van der Waals surface area (Å²) in [5.74, 6) is 0. The Morgan fingerprint density at radius 1 is 1.31 bits per heavy atom. The van der Waals surface area contributed by atoms with Gasteiger partial charge < -0.3 is 10.0 Å². The van der Waals surface area contributed by atoms with Gasteiger partial charge >= 0.3 is 5.69 Å². The van der Waals surface area contributed by atoms with Gasteiger partial charge in [0, 0.05) is 18.8 Å². The molecule has 2 aromatic carbocycles. The molecule has 1 N–H and O–H groups in total. The summed E-state index contributed by atoms with van der Waals surface area (Å²) in [6.45, 7) is 5.35. The van der Waals surface area contributed by atoms with Gasteiger partial charge in [-0.15, -0.1) is 10.2 Å². The van der Waals surface area contributed by atoms with Crippen LogP contribution >= 0.6 is 34.5 Å². The van der Waals surface area contributed by atoms with Gasteiger partial charge in [-0.05, 0) is 43.7 Å². The SMILES string of the molecule is CCN(CCO)c1ccc(N=Nc2nc3c(Cl)c([N+](=O)[O-])c(Cl)cc3s2)c(C)c1. The maximum atomic E-state index is 11.1. The number of aryl methyl sites for hydroxylation is 1. The zero-order chi connectivity index (χ0) is 21.1. The number of nitro benzene ring substituents is 1. The van der Waals surface area contributed by atoms with Crippen LogP contribution in [0.1, 0.15) is 12.5 Å². The van der Waals surface area contributed by atoms with Crippen LogP contribution in [0.5, 0.6) is 0 Å². The van der Waals surface area contributed by atoms with Gasteiger partial charge in [0.25, 0.3) is 0 Å². The summed E-state index contributed by atoms with van der Waals surface area (Å²) in [6, 6.07) is 7.19. The molecule has 0 aliphatic carbocycles. The van der Waals surface area contributed by atoms with Gasteiger partial charge in [0.05, 0.1) is 21.9 Å². The number of nitro groups is 1. The molecule has 0 saturated carbocycles. The first-order chi connectivity index (χ1) is 13.8. The standard InChI is InChI=1S/C18H17Cl2N5O3S/c1-3-24(6-7-26)11-4-5-13(10(2)8-11)22-23-18-21-16-14(29-18)9-12(19)17(15(16)20)25(27)28/h4-5,8-9,26H,3,6-7H2,1-2H3. The average Bonchev–Trinajstić information content (AvgIpc) is 3.08. The van der Waals surface area contributed by atoms with E-state index in [9.17, 15) is 15.2 Å². The van der Waals surface area contributed by atoms with Crippen molar-refractivity contribution >= 4 is 66.9 Å². The van der Waals surface area contributed by atoms with E-state index in [2.05, 4.69) is 20.1 Å². The lowest BCUT2D eigenvalue weighted by atomic mass is 10.1. The van der Waals surface area contributed by atoms with Gasteiger partial charge in [-0.25, -0.2) is 4.98 Å². The van der Waals surface area contributed by atoms with Crippen LogP contribution in [0.15, 0.2) is 34.5 Å². The van der Waals surface area contributed by atoms with E-state index >= 15 is 0 Å². The number of azo groups is 1. The highest BCUT2D eigenvalue weighted by molar-refractivity contribution is 7.22. The largest absolute Gasteiger partial charge is 0.395 e. The van der Waals surface area contributed by atoms with Crippen molar-refractivity contribution < 1.29 is 10.0 Å². The number of nitrogens with zero attached hydrogens (tertiary/aromatic N) is 5. The van der Waals surface area contributed by atoms with Crippen LogP contribution in [0.4, 0.5) is 22.2 Å². The molecule has 0 aliphatic rings. The lowest BCUT2D eigenvalue weighted by Crippen LogP contribution is -2.26. The average molecular weight is 454 g/mol. The molecule has 3 rings (SSSR count). The molecule has 0 amide bonds. The summed E-state index contributed by atoms with van der Waals surface area (Å²) in [5, 5.41) is 28.9. The van der Waals surface area contributed by atoms with Crippen LogP contribution in [-0.4, -0.2) is 34.7 Å². The molecule has 0 atom stereocenters. The predicted molar refractivity (Wildman–Crippen MR) is 117 cm³/mol. The molecule has 152 valence electrons. The second-order valence-corrected chi connectivity index (χ2v) is 7.89. The predicted octanol–water partition coefficient (Wildman–Crippen LogP) is 6.05. The third-order valence-corrected chi connectivity index (χ3v) is 5.80. The highest BCUT2D eigenvalue weighted by Gasteiger charge is 2.23. The molecule has 1 aromatic heterocycles. The number of likely N-dealkylation sites (N-methyl/N-ethyl adjacent to an activating group) is 1. The molecule has 0 spiro atoms. The Morgan fingerprint density at radius 3 is 2.69 bits per heavy atom. The van der Waals surface area contributed by atoms with E-state index in [1.807, 2.05) is 32.0 Å². The van der Waals surface area contributed by atoms with Crippen LogP contribution in [-0.2, 0) is 0 Å². The van der Waals surface area contributed by atoms with Crippen molar-refractivity contribution in [2.75, 3.05) is 24.6 Å². The van der Waals surface area contributed by atoms with E-state index in [1.165, 1.54) is 17.4 Å². The summed E-state index contributed by atoms with van der Waals surface area (Å²) in [7, 11) is 0. The Hall–Kier alpha value is -2.33. The van der Waals surface area contributed by atoms with Gasteiger partial charge in [0.15, 0.2) is 0 Å². The lowest BCUT2D eigenvalue weighted by Gasteiger charge is -2.22. The topological polar surface area (TPSA) is 104 Å². The molecule has 29 heavy (non-hydrogen) atoms. The summed E-state index contributed by atoms with van der Waals surface area (Å²) < 4.78 is 0.592. The Kier molecular flexibility index (Phi) is 6.63. The van der Waals surface area contributed by atoms with E-state index < -0.39 is 4.92 Å². The van der Waals surface area contributed by atoms with E-state index in [0.717, 1.165) is 17.8 Å². The maximum Gasteiger partial charge on any atom is 0.308 e. The number of hydrogen-bond donors (Lipinski definition) is 1. The quantitative estimate of drug-likeness (QED) is 0.266. The van der Waals surface area contributed by atoms with Crippen LogP contribution in [0.25, 0.3) is 10.2 Å². The first-order valence-electron chi connectivity index (χ1n) is 8.66. The number of hydrogen-bond acceptors (Lipinski definition) is 8. The number of aliphatic hydroxyl groups excluding tert-OH is 1. The fraction of sp³-hybridized carbons (Fsp3) is 0.278. The smallest absolute Gasteiger partial charge is 0.308 e. The van der Waals surface area contributed by atoms with Crippen molar-refractivity contribution in [3.63, 3.8) is 0 Å². The number of benzene rings is 2. The molecule has 3 aromatic rings. The second kappa shape index (κ2) is 9.00. The fourth-order valence-electron chi connectivity index (χ4n) is 2.82. The summed E-state index contributed by atoms with van der Waals surface area (Å²) in [4.78, 5) is 16.8. The van der Waals surface area contributed by atoms with E-state index in [-0.39, 0.29) is 27.9 Å². The van der Waals surface area contributed by atoms with Crippen molar-refractivity contribution in [3.8, 4) is 0 Å². The molecular weight excluding hydrogens is 437 g/mol. The lowest BCUT2D eigenvalue weighted by molar-refractivity contribution is -0.384. The Bertz CT molecular complexity index is 1100. The van der Waals surface area contributed by atoms with Crippen molar-refractivity contribution in [2.24, 2.45) is 10.2 Å². The number of anilines is 1. The highest BCUT2D eigenvalue weighted by atomic mass is 35.5. The molecule has 8 nitrogen and oxygen atoms in total. The Morgan fingerprint density at radius 2 is 2.07 bits per heavy atom. The van der Waals surface area contributed by atoms with Crippen LogP contribution in [0, 0.1) is 17.0 Å². The Balaban J connectivity index is 1.91. The molecule has 0 aliphatic heterocycles. The number of thiazole rings is 1. The highest BCUT2D eigenvalue weighted by Crippen LogP contribution is 2.42. The van der Waals surface area contributed by atoms with E-state index in [4.69, 9.17) is 23.2 Å². The number of rotatable bonds is 7. The third-order valence-electron chi connectivity index (χ3n) is 4.26. The van der Waals surface area contributed by atoms with Crippen molar-refractivity contribution in [1.29, 1.82) is 0 Å².